The Bertz CT molecular complexity index is 1570. The van der Waals surface area contributed by atoms with Gasteiger partial charge in [-0.2, -0.15) is 0 Å². The first-order valence-corrected chi connectivity index (χ1v) is 16.3. The topological polar surface area (TPSA) is 49.3 Å². The van der Waals surface area contributed by atoms with Crippen molar-refractivity contribution >= 4 is 56.1 Å². The van der Waals surface area contributed by atoms with Crippen molar-refractivity contribution in [2.45, 2.75) is 65.3 Å². The van der Waals surface area contributed by atoms with E-state index in [9.17, 15) is 4.79 Å². The summed E-state index contributed by atoms with van der Waals surface area (Å²) >= 11 is 1.70. The number of nitrogens with zero attached hydrogens (tertiary/aromatic N) is 2. The summed E-state index contributed by atoms with van der Waals surface area (Å²) in [5.41, 5.74) is 4.35. The Hall–Kier alpha value is -3.48. The van der Waals surface area contributed by atoms with Gasteiger partial charge in [0.05, 0.1) is 0 Å². The number of carbonyl (C=O) groups is 1. The molecule has 5 aromatic rings. The average molecular weight is 585 g/mol. The van der Waals surface area contributed by atoms with Crippen LogP contribution in [0.2, 0.25) is 0 Å². The summed E-state index contributed by atoms with van der Waals surface area (Å²) in [4.78, 5) is 16.2. The fraction of sp³-hybridized carbons (Fsp3) is 0.361. The van der Waals surface area contributed by atoms with Crippen LogP contribution in [0, 0.1) is 0 Å². The van der Waals surface area contributed by atoms with E-state index in [-0.39, 0.29) is 5.91 Å². The molecule has 0 aliphatic carbocycles. The number of aromatic nitrogens is 1. The highest BCUT2D eigenvalue weighted by atomic mass is 32.2. The third-order valence-corrected chi connectivity index (χ3v) is 8.04. The Labute approximate surface area is 256 Å². The van der Waals surface area contributed by atoms with Gasteiger partial charge in [-0.1, -0.05) is 76.6 Å². The minimum absolute atomic E-state index is 0.00181. The summed E-state index contributed by atoms with van der Waals surface area (Å²) in [6.07, 6.45) is 3.10. The van der Waals surface area contributed by atoms with Crippen molar-refractivity contribution < 1.29 is 4.79 Å². The van der Waals surface area contributed by atoms with Crippen molar-refractivity contribution in [1.82, 2.24) is 14.6 Å². The van der Waals surface area contributed by atoms with E-state index in [1.54, 1.807) is 11.9 Å². The highest BCUT2D eigenvalue weighted by Crippen LogP contribution is 2.32. The van der Waals surface area contributed by atoms with Gasteiger partial charge in [0.25, 0.3) is 5.91 Å². The lowest BCUT2D eigenvalue weighted by molar-refractivity contribution is 0.0953. The number of amides is 1. The summed E-state index contributed by atoms with van der Waals surface area (Å²) in [6, 6.07) is 27.4. The second-order valence-corrected chi connectivity index (χ2v) is 10.8. The summed E-state index contributed by atoms with van der Waals surface area (Å²) in [5.74, 6) is 0.00181. The number of unbranched alkanes of at least 4 members (excludes halogenated alkanes) is 2. The van der Waals surface area contributed by atoms with Gasteiger partial charge in [-0.3, -0.25) is 9.52 Å². The number of hydrogen-bond donors (Lipinski definition) is 2. The van der Waals surface area contributed by atoms with Gasteiger partial charge >= 0.3 is 0 Å². The molecule has 1 aromatic heterocycles. The van der Waals surface area contributed by atoms with Gasteiger partial charge in [-0.05, 0) is 73.5 Å². The van der Waals surface area contributed by atoms with Crippen LogP contribution in [0.25, 0.3) is 32.6 Å². The minimum atomic E-state index is 0.00181. The predicted octanol–water partition coefficient (Wildman–Crippen LogP) is 9.28. The molecule has 0 spiro atoms. The van der Waals surface area contributed by atoms with Crippen LogP contribution < -0.4 is 14.9 Å². The fourth-order valence-corrected chi connectivity index (χ4v) is 6.05. The normalized spacial score (nSPS) is 10.6. The monoisotopic (exact) mass is 584 g/mol. The summed E-state index contributed by atoms with van der Waals surface area (Å²) in [6.45, 7) is 12.7. The van der Waals surface area contributed by atoms with Crippen LogP contribution in [0.1, 0.15) is 64.2 Å². The van der Waals surface area contributed by atoms with Crippen molar-refractivity contribution in [3.8, 4) is 0 Å². The van der Waals surface area contributed by atoms with E-state index >= 15 is 0 Å². The number of fused-ring (bicyclic) bond motifs is 4. The zero-order chi connectivity index (χ0) is 30.5. The Morgan fingerprint density at radius 1 is 0.738 bits per heavy atom. The fourth-order valence-electron chi connectivity index (χ4n) is 5.21. The molecule has 0 saturated carbocycles. The lowest BCUT2D eigenvalue weighted by Crippen LogP contribution is -2.24. The smallest absolute Gasteiger partial charge is 0.251 e. The molecule has 0 atom stereocenters. The van der Waals surface area contributed by atoms with Crippen LogP contribution in [0.3, 0.4) is 0 Å². The van der Waals surface area contributed by atoms with E-state index < -0.39 is 0 Å². The summed E-state index contributed by atoms with van der Waals surface area (Å²) in [5, 5.41) is 8.00. The number of nitrogens with one attached hydrogen (secondary N) is 2. The van der Waals surface area contributed by atoms with Crippen LogP contribution in [0.4, 0.5) is 5.69 Å². The Kier molecular flexibility index (Phi) is 13.2. The largest absolute Gasteiger partial charge is 0.377 e. The van der Waals surface area contributed by atoms with Gasteiger partial charge in [-0.15, -0.1) is 0 Å². The number of benzene rings is 4. The molecule has 4 aromatic carbocycles. The SMILES string of the molecule is CC.CC.CCn1c2ccccc2c2cc(C(=O)NCCCCCNSc3cccc4c(N(C)C)cccc34)ccc21. The number of anilines is 1. The molecular formula is C36H48N4OS. The highest BCUT2D eigenvalue weighted by molar-refractivity contribution is 7.97. The Morgan fingerprint density at radius 2 is 1.40 bits per heavy atom. The van der Waals surface area contributed by atoms with Crippen molar-refractivity contribution in [2.75, 3.05) is 32.1 Å². The van der Waals surface area contributed by atoms with Crippen LogP contribution in [0.15, 0.2) is 83.8 Å². The molecule has 1 heterocycles. The molecule has 0 unspecified atom stereocenters. The maximum Gasteiger partial charge on any atom is 0.251 e. The number of rotatable bonds is 11. The molecular weight excluding hydrogens is 536 g/mol. The standard InChI is InChI=1S/C32H36N4OS.2C2H6/c1-4-36-29-15-7-6-12-25(29)27-22-23(18-19-30(27)36)32(37)33-20-8-5-9-21-34-38-31-17-11-13-24-26(31)14-10-16-28(24)35(2)3;2*1-2/h6-7,10-19,22,34H,4-5,8-9,20-21H2,1-3H3,(H,33,37);2*1-2H3. The van der Waals surface area contributed by atoms with E-state index in [0.29, 0.717) is 6.54 Å². The molecule has 1 amide bonds. The highest BCUT2D eigenvalue weighted by Gasteiger charge is 2.12. The molecule has 6 heteroatoms. The molecule has 42 heavy (non-hydrogen) atoms. The van der Waals surface area contributed by atoms with E-state index in [0.717, 1.165) is 43.3 Å². The van der Waals surface area contributed by atoms with Crippen molar-refractivity contribution in [3.05, 3.63) is 84.4 Å². The van der Waals surface area contributed by atoms with Crippen molar-refractivity contribution in [2.24, 2.45) is 0 Å². The number of para-hydroxylation sites is 1. The first-order chi connectivity index (χ1) is 20.6. The lowest BCUT2D eigenvalue weighted by atomic mass is 10.1. The van der Waals surface area contributed by atoms with E-state index in [1.165, 1.54) is 37.8 Å². The Morgan fingerprint density at radius 3 is 2.17 bits per heavy atom. The molecule has 5 nitrogen and oxygen atoms in total. The minimum Gasteiger partial charge on any atom is -0.377 e. The third kappa shape index (κ3) is 7.67. The zero-order valence-corrected chi connectivity index (χ0v) is 27.3. The molecule has 2 N–H and O–H groups in total. The molecule has 0 bridgehead atoms. The van der Waals surface area contributed by atoms with Gasteiger partial charge in [0.15, 0.2) is 0 Å². The molecule has 5 rings (SSSR count). The molecule has 0 radical (unpaired) electrons. The van der Waals surface area contributed by atoms with Crippen LogP contribution in [0.5, 0.6) is 0 Å². The maximum absolute atomic E-state index is 12.8. The second kappa shape index (κ2) is 16.8. The lowest BCUT2D eigenvalue weighted by Gasteiger charge is -2.16. The maximum atomic E-state index is 12.8. The van der Waals surface area contributed by atoms with E-state index in [1.807, 2.05) is 39.8 Å². The molecule has 0 aliphatic rings. The predicted molar refractivity (Wildman–Crippen MR) is 186 cm³/mol. The van der Waals surface area contributed by atoms with Crippen LogP contribution >= 0.6 is 11.9 Å². The Balaban J connectivity index is 0.00000116. The van der Waals surface area contributed by atoms with Gasteiger partial charge in [0.2, 0.25) is 0 Å². The molecule has 0 fully saturated rings. The molecule has 224 valence electrons. The average Bonchev–Trinajstić information content (AvgIpc) is 3.36. The van der Waals surface area contributed by atoms with Crippen LogP contribution in [-0.4, -0.2) is 37.7 Å². The summed E-state index contributed by atoms with van der Waals surface area (Å²) in [7, 11) is 4.17. The summed E-state index contributed by atoms with van der Waals surface area (Å²) < 4.78 is 5.83. The van der Waals surface area contributed by atoms with E-state index in [4.69, 9.17) is 0 Å². The van der Waals surface area contributed by atoms with Gasteiger partial charge in [0.1, 0.15) is 0 Å². The molecule has 0 aliphatic heterocycles. The van der Waals surface area contributed by atoms with E-state index in [2.05, 4.69) is 107 Å². The van der Waals surface area contributed by atoms with Crippen molar-refractivity contribution in [1.29, 1.82) is 0 Å². The second-order valence-electron chi connectivity index (χ2n) is 9.83. The van der Waals surface area contributed by atoms with Crippen LogP contribution in [-0.2, 0) is 6.54 Å². The zero-order valence-electron chi connectivity index (χ0n) is 26.5. The molecule has 0 saturated heterocycles. The van der Waals surface area contributed by atoms with Gasteiger partial charge in [0, 0.05) is 77.1 Å². The van der Waals surface area contributed by atoms with Gasteiger partial charge in [-0.25, -0.2) is 0 Å². The van der Waals surface area contributed by atoms with Gasteiger partial charge < -0.3 is 14.8 Å². The third-order valence-electron chi connectivity index (χ3n) is 7.11. The number of carbonyl (C=O) groups excluding carboxylic acids is 1. The number of hydrogen-bond acceptors (Lipinski definition) is 4. The van der Waals surface area contributed by atoms with Crippen molar-refractivity contribution in [3.63, 3.8) is 0 Å². The first-order valence-electron chi connectivity index (χ1n) is 15.5. The quantitative estimate of drug-likeness (QED) is 0.120. The number of aryl methyl sites for hydroxylation is 1. The first kappa shape index (κ1) is 33.0.